The van der Waals surface area contributed by atoms with Gasteiger partial charge in [0.2, 0.25) is 0 Å². The van der Waals surface area contributed by atoms with Gasteiger partial charge in [-0.05, 0) is 25.2 Å². The zero-order chi connectivity index (χ0) is 7.35. The van der Waals surface area contributed by atoms with Crippen LogP contribution in [0.5, 0.6) is 0 Å². The molecule has 0 aromatic carbocycles. The Kier molecular flexibility index (Phi) is 1.04. The number of carbonyl (C=O) groups excluding carboxylic acids is 1. The molecular formula is C9H14O. The van der Waals surface area contributed by atoms with Gasteiger partial charge < -0.3 is 0 Å². The monoisotopic (exact) mass is 138 g/mol. The fourth-order valence-electron chi connectivity index (χ4n) is 2.42. The van der Waals surface area contributed by atoms with Gasteiger partial charge in [0.25, 0.3) is 0 Å². The molecule has 2 saturated carbocycles. The van der Waals surface area contributed by atoms with Crippen LogP contribution in [0, 0.1) is 17.3 Å². The molecule has 0 aliphatic heterocycles. The lowest BCUT2D eigenvalue weighted by Crippen LogP contribution is -2.27. The van der Waals surface area contributed by atoms with E-state index in [1.807, 2.05) is 0 Å². The van der Waals surface area contributed by atoms with Crippen molar-refractivity contribution in [2.75, 3.05) is 0 Å². The fraction of sp³-hybridized carbons (Fsp3) is 0.889. The normalized spacial score (nSPS) is 42.8. The van der Waals surface area contributed by atoms with Crippen molar-refractivity contribution in [2.45, 2.75) is 33.1 Å². The molecule has 0 aromatic heterocycles. The van der Waals surface area contributed by atoms with E-state index in [4.69, 9.17) is 0 Å². The van der Waals surface area contributed by atoms with Gasteiger partial charge in [-0.25, -0.2) is 0 Å². The first kappa shape index (κ1) is 6.38. The van der Waals surface area contributed by atoms with Gasteiger partial charge >= 0.3 is 0 Å². The molecule has 2 fully saturated rings. The van der Waals surface area contributed by atoms with Crippen molar-refractivity contribution in [3.63, 3.8) is 0 Å². The first-order chi connectivity index (χ1) is 4.61. The maximum absolute atomic E-state index is 11.5. The van der Waals surface area contributed by atoms with Gasteiger partial charge in [0.15, 0.2) is 0 Å². The van der Waals surface area contributed by atoms with Crippen molar-refractivity contribution in [1.82, 2.24) is 0 Å². The molecule has 2 rings (SSSR count). The van der Waals surface area contributed by atoms with Gasteiger partial charge in [0.1, 0.15) is 5.78 Å². The van der Waals surface area contributed by atoms with Crippen LogP contribution in [0.4, 0.5) is 0 Å². The van der Waals surface area contributed by atoms with Crippen LogP contribution in [-0.4, -0.2) is 5.78 Å². The number of ketones is 1. The molecule has 2 unspecified atom stereocenters. The second-order valence-electron chi connectivity index (χ2n) is 4.40. The first-order valence-electron chi connectivity index (χ1n) is 4.15. The van der Waals surface area contributed by atoms with Gasteiger partial charge in [0, 0.05) is 11.3 Å². The molecule has 0 aromatic rings. The molecule has 0 N–H and O–H groups in total. The standard InChI is InChI=1S/C9H14O/c1-9(2)5-6-3-4-7(6)8(9)10/h6-7H,3-5H2,1-2H3. The number of Topliss-reactive ketones (excluding diaryl/α,β-unsaturated/α-hetero) is 1. The molecule has 0 amide bonds. The van der Waals surface area contributed by atoms with Crippen molar-refractivity contribution in [3.8, 4) is 0 Å². The minimum absolute atomic E-state index is 0.0197. The number of rotatable bonds is 0. The van der Waals surface area contributed by atoms with Crippen LogP contribution in [0.2, 0.25) is 0 Å². The minimum Gasteiger partial charge on any atom is -0.299 e. The summed E-state index contributed by atoms with van der Waals surface area (Å²) in [4.78, 5) is 11.5. The summed E-state index contributed by atoms with van der Waals surface area (Å²) in [6.45, 7) is 4.18. The third-order valence-corrected chi connectivity index (χ3v) is 3.19. The first-order valence-corrected chi connectivity index (χ1v) is 4.15. The summed E-state index contributed by atoms with van der Waals surface area (Å²) in [5, 5.41) is 0. The van der Waals surface area contributed by atoms with Gasteiger partial charge in [-0.15, -0.1) is 0 Å². The second-order valence-corrected chi connectivity index (χ2v) is 4.40. The maximum atomic E-state index is 11.5. The van der Waals surface area contributed by atoms with Crippen LogP contribution in [0.15, 0.2) is 0 Å². The summed E-state index contributed by atoms with van der Waals surface area (Å²) in [6, 6.07) is 0. The summed E-state index contributed by atoms with van der Waals surface area (Å²) < 4.78 is 0. The predicted molar refractivity (Wildman–Crippen MR) is 39.6 cm³/mol. The van der Waals surface area contributed by atoms with Crippen molar-refractivity contribution in [2.24, 2.45) is 17.3 Å². The number of carbonyl (C=O) groups is 1. The summed E-state index contributed by atoms with van der Waals surface area (Å²) >= 11 is 0. The highest BCUT2D eigenvalue weighted by Gasteiger charge is 2.51. The Hall–Kier alpha value is -0.330. The smallest absolute Gasteiger partial charge is 0.141 e. The Morgan fingerprint density at radius 1 is 1.40 bits per heavy atom. The van der Waals surface area contributed by atoms with Crippen LogP contribution in [0.25, 0.3) is 0 Å². The van der Waals surface area contributed by atoms with E-state index in [9.17, 15) is 4.79 Å². The number of fused-ring (bicyclic) bond motifs is 1. The van der Waals surface area contributed by atoms with E-state index in [2.05, 4.69) is 13.8 Å². The Labute approximate surface area is 61.8 Å². The Bertz CT molecular complexity index is 181. The van der Waals surface area contributed by atoms with Gasteiger partial charge in [0.05, 0.1) is 0 Å². The SMILES string of the molecule is CC1(C)CC2CCC2C1=O. The summed E-state index contributed by atoms with van der Waals surface area (Å²) in [5.41, 5.74) is 0.0197. The maximum Gasteiger partial charge on any atom is 0.141 e. The zero-order valence-corrected chi connectivity index (χ0v) is 6.68. The Morgan fingerprint density at radius 3 is 2.30 bits per heavy atom. The molecule has 2 aliphatic carbocycles. The van der Waals surface area contributed by atoms with Crippen molar-refractivity contribution < 1.29 is 4.79 Å². The average Bonchev–Trinajstić information content (AvgIpc) is 1.91. The fourth-order valence-corrected chi connectivity index (χ4v) is 2.42. The Morgan fingerprint density at radius 2 is 2.10 bits per heavy atom. The quantitative estimate of drug-likeness (QED) is 0.500. The predicted octanol–water partition coefficient (Wildman–Crippen LogP) is 2.01. The van der Waals surface area contributed by atoms with Crippen LogP contribution >= 0.6 is 0 Å². The Balaban J connectivity index is 2.24. The van der Waals surface area contributed by atoms with E-state index >= 15 is 0 Å². The lowest BCUT2D eigenvalue weighted by molar-refractivity contribution is -0.129. The lowest BCUT2D eigenvalue weighted by atomic mass is 9.76. The topological polar surface area (TPSA) is 17.1 Å². The molecule has 56 valence electrons. The van der Waals surface area contributed by atoms with Gasteiger partial charge in [-0.3, -0.25) is 4.79 Å². The second kappa shape index (κ2) is 1.63. The molecule has 2 aliphatic rings. The van der Waals surface area contributed by atoms with Crippen LogP contribution < -0.4 is 0 Å². The van der Waals surface area contributed by atoms with E-state index < -0.39 is 0 Å². The summed E-state index contributed by atoms with van der Waals surface area (Å²) in [5.74, 6) is 1.77. The van der Waals surface area contributed by atoms with Gasteiger partial charge in [-0.1, -0.05) is 13.8 Å². The van der Waals surface area contributed by atoms with Crippen LogP contribution in [0.1, 0.15) is 33.1 Å². The number of hydrogen-bond donors (Lipinski definition) is 0. The van der Waals surface area contributed by atoms with Crippen LogP contribution in [-0.2, 0) is 4.79 Å². The highest BCUT2D eigenvalue weighted by molar-refractivity contribution is 5.89. The zero-order valence-electron chi connectivity index (χ0n) is 6.68. The highest BCUT2D eigenvalue weighted by atomic mass is 16.1. The van der Waals surface area contributed by atoms with E-state index in [0.717, 1.165) is 12.3 Å². The molecule has 1 heteroatoms. The molecule has 0 heterocycles. The van der Waals surface area contributed by atoms with Gasteiger partial charge in [-0.2, -0.15) is 0 Å². The van der Waals surface area contributed by atoms with Crippen molar-refractivity contribution >= 4 is 5.78 Å². The molecular weight excluding hydrogens is 124 g/mol. The van der Waals surface area contributed by atoms with Crippen LogP contribution in [0.3, 0.4) is 0 Å². The van der Waals surface area contributed by atoms with E-state index in [0.29, 0.717) is 11.7 Å². The lowest BCUT2D eigenvalue weighted by Gasteiger charge is -2.27. The third kappa shape index (κ3) is 0.609. The number of hydrogen-bond acceptors (Lipinski definition) is 1. The van der Waals surface area contributed by atoms with E-state index in [1.54, 1.807) is 0 Å². The highest BCUT2D eigenvalue weighted by Crippen LogP contribution is 2.52. The largest absolute Gasteiger partial charge is 0.299 e. The molecule has 0 bridgehead atoms. The summed E-state index contributed by atoms with van der Waals surface area (Å²) in [6.07, 6.45) is 3.63. The van der Waals surface area contributed by atoms with E-state index in [-0.39, 0.29) is 5.41 Å². The van der Waals surface area contributed by atoms with Crippen molar-refractivity contribution in [3.05, 3.63) is 0 Å². The molecule has 0 radical (unpaired) electrons. The van der Waals surface area contributed by atoms with E-state index in [1.165, 1.54) is 12.8 Å². The molecule has 0 spiro atoms. The summed E-state index contributed by atoms with van der Waals surface area (Å²) in [7, 11) is 0. The average molecular weight is 138 g/mol. The molecule has 2 atom stereocenters. The van der Waals surface area contributed by atoms with Crippen molar-refractivity contribution in [1.29, 1.82) is 0 Å². The molecule has 1 nitrogen and oxygen atoms in total. The molecule has 10 heavy (non-hydrogen) atoms. The molecule has 0 saturated heterocycles. The minimum atomic E-state index is 0.0197. The third-order valence-electron chi connectivity index (χ3n) is 3.19.